The van der Waals surface area contributed by atoms with Gasteiger partial charge in [-0.3, -0.25) is 9.59 Å². The molecule has 0 aromatic heterocycles. The van der Waals surface area contributed by atoms with E-state index in [1.807, 2.05) is 4.90 Å². The minimum Gasteiger partial charge on any atom is -0.342 e. The van der Waals surface area contributed by atoms with Crippen LogP contribution in [0.3, 0.4) is 0 Å². The third-order valence-corrected chi connectivity index (χ3v) is 3.75. The SMILES string of the molecule is O=CN1CCN(C(=O)CC2CCCC2)CC1. The molecule has 1 aliphatic heterocycles. The Bertz CT molecular complexity index is 254. The molecule has 16 heavy (non-hydrogen) atoms. The first kappa shape index (κ1) is 11.4. The maximum absolute atomic E-state index is 12.0. The van der Waals surface area contributed by atoms with E-state index >= 15 is 0 Å². The Hall–Kier alpha value is -1.06. The van der Waals surface area contributed by atoms with E-state index in [0.29, 0.717) is 32.1 Å². The van der Waals surface area contributed by atoms with Crippen molar-refractivity contribution < 1.29 is 9.59 Å². The van der Waals surface area contributed by atoms with E-state index < -0.39 is 0 Å². The zero-order valence-corrected chi connectivity index (χ0v) is 9.73. The summed E-state index contributed by atoms with van der Waals surface area (Å²) >= 11 is 0. The molecule has 1 heterocycles. The molecule has 0 unspecified atom stereocenters. The normalized spacial score (nSPS) is 22.5. The molecule has 1 saturated heterocycles. The zero-order chi connectivity index (χ0) is 11.4. The summed E-state index contributed by atoms with van der Waals surface area (Å²) in [5, 5.41) is 0. The molecule has 4 heteroatoms. The van der Waals surface area contributed by atoms with Crippen LogP contribution in [0.2, 0.25) is 0 Å². The Balaban J connectivity index is 1.75. The van der Waals surface area contributed by atoms with Gasteiger partial charge in [-0.1, -0.05) is 12.8 Å². The van der Waals surface area contributed by atoms with Gasteiger partial charge in [0.2, 0.25) is 12.3 Å². The molecule has 0 atom stereocenters. The van der Waals surface area contributed by atoms with Gasteiger partial charge in [-0.05, 0) is 18.8 Å². The standard InChI is InChI=1S/C12H20N2O2/c15-10-13-5-7-14(8-6-13)12(16)9-11-3-1-2-4-11/h10-11H,1-9H2. The lowest BCUT2D eigenvalue weighted by molar-refractivity contribution is -0.136. The molecule has 90 valence electrons. The van der Waals surface area contributed by atoms with Crippen LogP contribution in [-0.2, 0) is 9.59 Å². The highest BCUT2D eigenvalue weighted by Crippen LogP contribution is 2.28. The van der Waals surface area contributed by atoms with Crippen molar-refractivity contribution in [1.82, 2.24) is 9.80 Å². The molecule has 4 nitrogen and oxygen atoms in total. The summed E-state index contributed by atoms with van der Waals surface area (Å²) in [5.74, 6) is 0.911. The van der Waals surface area contributed by atoms with E-state index in [4.69, 9.17) is 0 Å². The van der Waals surface area contributed by atoms with Gasteiger partial charge in [0.15, 0.2) is 0 Å². The van der Waals surface area contributed by atoms with Crippen LogP contribution < -0.4 is 0 Å². The molecule has 1 aliphatic carbocycles. The Morgan fingerprint density at radius 3 is 2.31 bits per heavy atom. The summed E-state index contributed by atoms with van der Waals surface area (Å²) in [6.45, 7) is 2.81. The van der Waals surface area contributed by atoms with Gasteiger partial charge >= 0.3 is 0 Å². The molecule has 2 fully saturated rings. The smallest absolute Gasteiger partial charge is 0.222 e. The minimum atomic E-state index is 0.289. The zero-order valence-electron chi connectivity index (χ0n) is 9.73. The maximum Gasteiger partial charge on any atom is 0.222 e. The molecule has 0 N–H and O–H groups in total. The Morgan fingerprint density at radius 2 is 1.75 bits per heavy atom. The first-order valence-corrected chi connectivity index (χ1v) is 6.26. The Morgan fingerprint density at radius 1 is 1.12 bits per heavy atom. The number of carbonyl (C=O) groups excluding carboxylic acids is 2. The minimum absolute atomic E-state index is 0.289. The summed E-state index contributed by atoms with van der Waals surface area (Å²) in [6, 6.07) is 0. The second kappa shape index (κ2) is 5.32. The van der Waals surface area contributed by atoms with E-state index in [-0.39, 0.29) is 5.91 Å². The molecule has 2 rings (SSSR count). The second-order valence-corrected chi connectivity index (χ2v) is 4.88. The van der Waals surface area contributed by atoms with Gasteiger partial charge in [-0.25, -0.2) is 0 Å². The van der Waals surface area contributed by atoms with E-state index in [9.17, 15) is 9.59 Å². The molecule has 0 radical (unpaired) electrons. The predicted octanol–water partition coefficient (Wildman–Crippen LogP) is 0.867. The van der Waals surface area contributed by atoms with Crippen LogP contribution in [-0.4, -0.2) is 48.3 Å². The number of amides is 2. The van der Waals surface area contributed by atoms with Crippen molar-refractivity contribution in [2.24, 2.45) is 5.92 Å². The van der Waals surface area contributed by atoms with Crippen LogP contribution >= 0.6 is 0 Å². The maximum atomic E-state index is 12.0. The summed E-state index contributed by atoms with van der Waals surface area (Å²) < 4.78 is 0. The van der Waals surface area contributed by atoms with Gasteiger partial charge in [0, 0.05) is 32.6 Å². The Kier molecular flexibility index (Phi) is 3.80. The molecule has 0 aromatic carbocycles. The first-order chi connectivity index (χ1) is 7.79. The van der Waals surface area contributed by atoms with Crippen molar-refractivity contribution in [2.75, 3.05) is 26.2 Å². The predicted molar refractivity (Wildman–Crippen MR) is 60.8 cm³/mol. The van der Waals surface area contributed by atoms with Gasteiger partial charge in [-0.2, -0.15) is 0 Å². The third-order valence-electron chi connectivity index (χ3n) is 3.75. The highest BCUT2D eigenvalue weighted by molar-refractivity contribution is 5.76. The van der Waals surface area contributed by atoms with Gasteiger partial charge in [0.25, 0.3) is 0 Å². The molecule has 0 spiro atoms. The molecular weight excluding hydrogens is 204 g/mol. The summed E-state index contributed by atoms with van der Waals surface area (Å²) in [7, 11) is 0. The number of piperazine rings is 1. The molecule has 1 saturated carbocycles. The van der Waals surface area contributed by atoms with Crippen LogP contribution in [0.4, 0.5) is 0 Å². The van der Waals surface area contributed by atoms with E-state index in [1.165, 1.54) is 25.7 Å². The van der Waals surface area contributed by atoms with E-state index in [1.54, 1.807) is 4.90 Å². The lowest BCUT2D eigenvalue weighted by Gasteiger charge is -2.33. The van der Waals surface area contributed by atoms with E-state index in [2.05, 4.69) is 0 Å². The average molecular weight is 224 g/mol. The van der Waals surface area contributed by atoms with Gasteiger partial charge in [0.05, 0.1) is 0 Å². The molecule has 2 aliphatic rings. The van der Waals surface area contributed by atoms with Crippen LogP contribution in [0.25, 0.3) is 0 Å². The van der Waals surface area contributed by atoms with Gasteiger partial charge in [0.1, 0.15) is 0 Å². The highest BCUT2D eigenvalue weighted by Gasteiger charge is 2.24. The monoisotopic (exact) mass is 224 g/mol. The van der Waals surface area contributed by atoms with E-state index in [0.717, 1.165) is 12.8 Å². The van der Waals surface area contributed by atoms with Crippen molar-refractivity contribution in [3.05, 3.63) is 0 Å². The van der Waals surface area contributed by atoms with Crippen molar-refractivity contribution >= 4 is 12.3 Å². The van der Waals surface area contributed by atoms with Crippen molar-refractivity contribution in [3.8, 4) is 0 Å². The number of hydrogen-bond donors (Lipinski definition) is 0. The fourth-order valence-corrected chi connectivity index (χ4v) is 2.67. The van der Waals surface area contributed by atoms with Crippen LogP contribution in [0.5, 0.6) is 0 Å². The Labute approximate surface area is 96.6 Å². The molecule has 2 amide bonds. The highest BCUT2D eigenvalue weighted by atomic mass is 16.2. The van der Waals surface area contributed by atoms with Crippen molar-refractivity contribution in [3.63, 3.8) is 0 Å². The fraction of sp³-hybridized carbons (Fsp3) is 0.833. The molecule has 0 aromatic rings. The van der Waals surface area contributed by atoms with Crippen LogP contribution in [0.1, 0.15) is 32.1 Å². The van der Waals surface area contributed by atoms with Gasteiger partial charge in [-0.15, -0.1) is 0 Å². The fourth-order valence-electron chi connectivity index (χ4n) is 2.67. The van der Waals surface area contributed by atoms with Crippen molar-refractivity contribution in [1.29, 1.82) is 0 Å². The lowest BCUT2D eigenvalue weighted by Crippen LogP contribution is -2.48. The largest absolute Gasteiger partial charge is 0.342 e. The second-order valence-electron chi connectivity index (χ2n) is 4.88. The summed E-state index contributed by atoms with van der Waals surface area (Å²) in [4.78, 5) is 26.2. The average Bonchev–Trinajstić information content (AvgIpc) is 2.82. The summed E-state index contributed by atoms with van der Waals surface area (Å²) in [6.07, 6.45) is 6.62. The lowest BCUT2D eigenvalue weighted by atomic mass is 10.0. The van der Waals surface area contributed by atoms with Gasteiger partial charge < -0.3 is 9.80 Å². The van der Waals surface area contributed by atoms with Crippen LogP contribution in [0.15, 0.2) is 0 Å². The van der Waals surface area contributed by atoms with Crippen molar-refractivity contribution in [2.45, 2.75) is 32.1 Å². The number of nitrogens with zero attached hydrogens (tertiary/aromatic N) is 2. The quantitative estimate of drug-likeness (QED) is 0.667. The first-order valence-electron chi connectivity index (χ1n) is 6.26. The number of rotatable bonds is 3. The number of hydrogen-bond acceptors (Lipinski definition) is 2. The molecular formula is C12H20N2O2. The summed E-state index contributed by atoms with van der Waals surface area (Å²) in [5.41, 5.74) is 0. The number of carbonyl (C=O) groups is 2. The third kappa shape index (κ3) is 2.74. The molecule has 0 bridgehead atoms. The topological polar surface area (TPSA) is 40.6 Å². The van der Waals surface area contributed by atoms with Crippen LogP contribution in [0, 0.1) is 5.92 Å².